The van der Waals surface area contributed by atoms with E-state index in [1.807, 2.05) is 6.92 Å². The second-order valence-corrected chi connectivity index (χ2v) is 4.98. The molecule has 2 N–H and O–H groups in total. The second kappa shape index (κ2) is 4.04. The Hall–Kier alpha value is 0.640. The molecule has 0 saturated carbocycles. The van der Waals surface area contributed by atoms with Crippen molar-refractivity contribution in [3.63, 3.8) is 0 Å². The number of hydrogen-bond donors (Lipinski definition) is 1. The maximum Gasteiger partial charge on any atom is 0.0266 e. The van der Waals surface area contributed by atoms with Crippen LogP contribution in [0.1, 0.15) is 18.5 Å². The van der Waals surface area contributed by atoms with Crippen molar-refractivity contribution in [2.45, 2.75) is 13.0 Å². The fourth-order valence-corrected chi connectivity index (χ4v) is 2.82. The van der Waals surface area contributed by atoms with Gasteiger partial charge in [0.2, 0.25) is 0 Å². The summed E-state index contributed by atoms with van der Waals surface area (Å²) in [6, 6.07) is 6.51. The molecule has 1 aromatic carbocycles. The Balaban J connectivity index is 3.08. The molecule has 0 bridgehead atoms. The molecule has 0 aliphatic rings. The van der Waals surface area contributed by atoms with Crippen molar-refractivity contribution in [2.24, 2.45) is 5.73 Å². The minimum absolute atomic E-state index is 0.137. The number of nitrogens with two attached hydrogens (primary N) is 1. The van der Waals surface area contributed by atoms with E-state index in [4.69, 9.17) is 5.73 Å². The van der Waals surface area contributed by atoms with Crippen LogP contribution in [0.3, 0.4) is 0 Å². The van der Waals surface area contributed by atoms with Gasteiger partial charge >= 0.3 is 0 Å². The van der Waals surface area contributed by atoms with Crippen molar-refractivity contribution in [2.75, 3.05) is 0 Å². The van der Waals surface area contributed by atoms with Gasteiger partial charge in [-0.2, -0.15) is 0 Å². The molecule has 0 unspecified atom stereocenters. The summed E-state index contributed by atoms with van der Waals surface area (Å²) in [6.45, 7) is 2.00. The van der Waals surface area contributed by atoms with E-state index >= 15 is 0 Å². The first kappa shape index (κ1) is 9.73. The highest BCUT2D eigenvalue weighted by molar-refractivity contribution is 14.1. The van der Waals surface area contributed by atoms with Gasteiger partial charge in [0.15, 0.2) is 0 Å². The van der Waals surface area contributed by atoms with Crippen LogP contribution in [-0.2, 0) is 0 Å². The zero-order valence-corrected chi connectivity index (χ0v) is 10.5. The fourth-order valence-electron chi connectivity index (χ4n) is 0.838. The van der Waals surface area contributed by atoms with E-state index in [1.54, 1.807) is 0 Å². The third kappa shape index (κ3) is 2.87. The Morgan fingerprint density at radius 3 is 2.00 bits per heavy atom. The van der Waals surface area contributed by atoms with Crippen molar-refractivity contribution in [1.29, 1.82) is 0 Å². The second-order valence-electron chi connectivity index (χ2n) is 2.49. The molecule has 11 heavy (non-hydrogen) atoms. The normalized spacial score (nSPS) is 13.1. The largest absolute Gasteiger partial charge is 0.324 e. The first-order valence-corrected chi connectivity index (χ1v) is 5.47. The van der Waals surface area contributed by atoms with Crippen LogP contribution >= 0.6 is 45.2 Å². The number of halogens is 2. The average molecular weight is 373 g/mol. The highest BCUT2D eigenvalue weighted by Gasteiger charge is 2.00. The molecule has 1 atom stereocenters. The predicted molar refractivity (Wildman–Crippen MR) is 64.5 cm³/mol. The van der Waals surface area contributed by atoms with Crippen LogP contribution in [0.4, 0.5) is 0 Å². The zero-order valence-electron chi connectivity index (χ0n) is 6.14. The molecule has 0 spiro atoms. The minimum atomic E-state index is 0.137. The number of benzene rings is 1. The van der Waals surface area contributed by atoms with E-state index in [0.29, 0.717) is 0 Å². The molecule has 0 fully saturated rings. The summed E-state index contributed by atoms with van der Waals surface area (Å²) in [7, 11) is 0. The first-order valence-electron chi connectivity index (χ1n) is 3.31. The highest BCUT2D eigenvalue weighted by atomic mass is 127. The lowest BCUT2D eigenvalue weighted by Gasteiger charge is -2.06. The van der Waals surface area contributed by atoms with Gasteiger partial charge in [0, 0.05) is 13.2 Å². The van der Waals surface area contributed by atoms with Gasteiger partial charge < -0.3 is 5.73 Å². The summed E-state index contributed by atoms with van der Waals surface area (Å²) in [5.41, 5.74) is 6.95. The molecule has 3 heteroatoms. The van der Waals surface area contributed by atoms with Gasteiger partial charge in [0.05, 0.1) is 0 Å². The smallest absolute Gasteiger partial charge is 0.0266 e. The van der Waals surface area contributed by atoms with E-state index in [2.05, 4.69) is 63.4 Å². The van der Waals surface area contributed by atoms with Gasteiger partial charge in [-0.05, 0) is 75.9 Å². The van der Waals surface area contributed by atoms with Gasteiger partial charge in [-0.1, -0.05) is 0 Å². The van der Waals surface area contributed by atoms with E-state index < -0.39 is 0 Å². The van der Waals surface area contributed by atoms with Crippen LogP contribution in [0.5, 0.6) is 0 Å². The van der Waals surface area contributed by atoms with Crippen LogP contribution in [0.25, 0.3) is 0 Å². The van der Waals surface area contributed by atoms with Crippen LogP contribution in [0, 0.1) is 7.14 Å². The van der Waals surface area contributed by atoms with Gasteiger partial charge in [0.1, 0.15) is 0 Å². The third-order valence-corrected chi connectivity index (χ3v) is 2.66. The first-order chi connectivity index (χ1) is 5.09. The lowest BCUT2D eigenvalue weighted by molar-refractivity contribution is 0.816. The Bertz CT molecular complexity index is 238. The Morgan fingerprint density at radius 1 is 1.18 bits per heavy atom. The molecule has 0 aromatic heterocycles. The van der Waals surface area contributed by atoms with Gasteiger partial charge in [0.25, 0.3) is 0 Å². The lowest BCUT2D eigenvalue weighted by Crippen LogP contribution is -2.05. The molecule has 1 nitrogen and oxygen atoms in total. The maximum absolute atomic E-state index is 5.74. The number of rotatable bonds is 1. The molecular formula is C8H9I2N. The molecule has 0 radical (unpaired) electrons. The SMILES string of the molecule is C[C@H](N)c1cc(I)cc(I)c1. The van der Waals surface area contributed by atoms with Crippen molar-refractivity contribution >= 4 is 45.2 Å². The summed E-state index contributed by atoms with van der Waals surface area (Å²) in [6.07, 6.45) is 0. The van der Waals surface area contributed by atoms with Crippen LogP contribution in [0.15, 0.2) is 18.2 Å². The van der Waals surface area contributed by atoms with Crippen LogP contribution < -0.4 is 5.73 Å². The van der Waals surface area contributed by atoms with Crippen LogP contribution in [-0.4, -0.2) is 0 Å². The molecule has 0 aliphatic heterocycles. The molecule has 1 aromatic rings. The third-order valence-electron chi connectivity index (χ3n) is 1.41. The summed E-state index contributed by atoms with van der Waals surface area (Å²) < 4.78 is 2.50. The Morgan fingerprint density at radius 2 is 1.64 bits per heavy atom. The molecule has 0 amide bonds. The molecule has 0 heterocycles. The van der Waals surface area contributed by atoms with E-state index in [1.165, 1.54) is 12.7 Å². The molecule has 1 rings (SSSR count). The summed E-state index contributed by atoms with van der Waals surface area (Å²) in [4.78, 5) is 0. The monoisotopic (exact) mass is 373 g/mol. The zero-order chi connectivity index (χ0) is 8.43. The van der Waals surface area contributed by atoms with Crippen molar-refractivity contribution < 1.29 is 0 Å². The molecule has 0 saturated heterocycles. The van der Waals surface area contributed by atoms with Gasteiger partial charge in [-0.25, -0.2) is 0 Å². The summed E-state index contributed by atoms with van der Waals surface area (Å²) in [5, 5.41) is 0. The topological polar surface area (TPSA) is 26.0 Å². The molecular weight excluding hydrogens is 364 g/mol. The summed E-state index contributed by atoms with van der Waals surface area (Å²) in [5.74, 6) is 0. The molecule has 0 aliphatic carbocycles. The quantitative estimate of drug-likeness (QED) is 0.753. The standard InChI is InChI=1S/C8H9I2N/c1-5(11)6-2-7(9)4-8(10)3-6/h2-5H,11H2,1H3/t5-/m0/s1. The highest BCUT2D eigenvalue weighted by Crippen LogP contribution is 2.17. The van der Waals surface area contributed by atoms with Crippen molar-refractivity contribution in [3.8, 4) is 0 Å². The lowest BCUT2D eigenvalue weighted by atomic mass is 10.1. The Kier molecular flexibility index (Phi) is 3.57. The average Bonchev–Trinajstić information content (AvgIpc) is 1.85. The van der Waals surface area contributed by atoms with Gasteiger partial charge in [-0.3, -0.25) is 0 Å². The van der Waals surface area contributed by atoms with Crippen molar-refractivity contribution in [1.82, 2.24) is 0 Å². The fraction of sp³-hybridized carbons (Fsp3) is 0.250. The summed E-state index contributed by atoms with van der Waals surface area (Å²) >= 11 is 4.61. The Labute approximate surface area is 94.0 Å². The minimum Gasteiger partial charge on any atom is -0.324 e. The maximum atomic E-state index is 5.74. The van der Waals surface area contributed by atoms with Gasteiger partial charge in [-0.15, -0.1) is 0 Å². The van der Waals surface area contributed by atoms with Crippen molar-refractivity contribution in [3.05, 3.63) is 30.9 Å². The van der Waals surface area contributed by atoms with Crippen LogP contribution in [0.2, 0.25) is 0 Å². The van der Waals surface area contributed by atoms with E-state index in [9.17, 15) is 0 Å². The van der Waals surface area contributed by atoms with E-state index in [0.717, 1.165) is 0 Å². The van der Waals surface area contributed by atoms with E-state index in [-0.39, 0.29) is 6.04 Å². The predicted octanol–water partition coefficient (Wildman–Crippen LogP) is 2.92. The number of hydrogen-bond acceptors (Lipinski definition) is 1. The molecule has 60 valence electrons.